The zero-order valence-electron chi connectivity index (χ0n) is 23.6. The van der Waals surface area contributed by atoms with Crippen molar-refractivity contribution < 1.29 is 23.9 Å². The third-order valence-electron chi connectivity index (χ3n) is 6.85. The van der Waals surface area contributed by atoms with Gasteiger partial charge in [-0.25, -0.2) is 9.59 Å². The molecular weight excluding hydrogens is 470 g/mol. The van der Waals surface area contributed by atoms with Crippen LogP contribution in [-0.2, 0) is 25.5 Å². The minimum Gasteiger partial charge on any atom is -0.467 e. The first kappa shape index (κ1) is 30.6. The van der Waals surface area contributed by atoms with Gasteiger partial charge in [0.2, 0.25) is 5.91 Å². The third-order valence-corrected chi connectivity index (χ3v) is 6.85. The normalized spacial score (nSPS) is 17.8. The summed E-state index contributed by atoms with van der Waals surface area (Å²) in [6.07, 6.45) is 5.39. The van der Waals surface area contributed by atoms with Crippen molar-refractivity contribution in [2.75, 3.05) is 7.11 Å². The first-order valence-corrected chi connectivity index (χ1v) is 13.6. The zero-order chi connectivity index (χ0) is 27.6. The van der Waals surface area contributed by atoms with Crippen molar-refractivity contribution in [3.05, 3.63) is 35.9 Å². The van der Waals surface area contributed by atoms with Crippen LogP contribution in [0.25, 0.3) is 0 Å². The lowest BCUT2D eigenvalue weighted by molar-refractivity contribution is -0.145. The molecule has 1 aliphatic rings. The number of hydrogen-bond donors (Lipinski definition) is 3. The van der Waals surface area contributed by atoms with Gasteiger partial charge in [0, 0.05) is 18.5 Å². The topological polar surface area (TPSA) is 106 Å². The Labute approximate surface area is 222 Å². The van der Waals surface area contributed by atoms with Crippen molar-refractivity contribution in [2.45, 2.75) is 110 Å². The fraction of sp³-hybridized carbons (Fsp3) is 0.690. The fourth-order valence-electron chi connectivity index (χ4n) is 4.99. The van der Waals surface area contributed by atoms with Crippen LogP contribution < -0.4 is 16.0 Å². The molecule has 0 unspecified atom stereocenters. The molecule has 0 aliphatic heterocycles. The molecule has 0 radical (unpaired) electrons. The molecule has 4 atom stereocenters. The smallest absolute Gasteiger partial charge is 0.407 e. The summed E-state index contributed by atoms with van der Waals surface area (Å²) >= 11 is 0. The maximum atomic E-state index is 13.6. The van der Waals surface area contributed by atoms with Crippen LogP contribution in [0.5, 0.6) is 0 Å². The molecule has 1 aliphatic carbocycles. The summed E-state index contributed by atoms with van der Waals surface area (Å²) in [7, 11) is 1.33. The van der Waals surface area contributed by atoms with E-state index in [-0.39, 0.29) is 23.9 Å². The predicted molar refractivity (Wildman–Crippen MR) is 145 cm³/mol. The average Bonchev–Trinajstić information content (AvgIpc) is 2.83. The van der Waals surface area contributed by atoms with Crippen molar-refractivity contribution in [1.82, 2.24) is 16.0 Å². The molecule has 208 valence electrons. The fourth-order valence-corrected chi connectivity index (χ4v) is 4.99. The van der Waals surface area contributed by atoms with Crippen LogP contribution in [0.1, 0.15) is 79.2 Å². The number of amides is 2. The van der Waals surface area contributed by atoms with Crippen LogP contribution >= 0.6 is 0 Å². The summed E-state index contributed by atoms with van der Waals surface area (Å²) in [5.41, 5.74) is 0.335. The Balaban J connectivity index is 2.20. The highest BCUT2D eigenvalue weighted by atomic mass is 16.6. The number of alkyl carbamates (subject to hydrolysis) is 1. The monoisotopic (exact) mass is 517 g/mol. The number of rotatable bonds is 11. The van der Waals surface area contributed by atoms with E-state index in [1.807, 2.05) is 71.9 Å². The lowest BCUT2D eigenvalue weighted by Crippen LogP contribution is -2.61. The Hall–Kier alpha value is -2.61. The molecule has 0 spiro atoms. The molecule has 0 aromatic heterocycles. The highest BCUT2D eigenvalue weighted by Crippen LogP contribution is 2.29. The van der Waals surface area contributed by atoms with Crippen molar-refractivity contribution in [1.29, 1.82) is 0 Å². The molecular formula is C29H47N3O5. The number of ether oxygens (including phenoxy) is 2. The maximum absolute atomic E-state index is 13.6. The summed E-state index contributed by atoms with van der Waals surface area (Å²) in [4.78, 5) is 38.6. The first-order valence-electron chi connectivity index (χ1n) is 13.6. The number of methoxy groups -OCH3 is 1. The molecule has 37 heavy (non-hydrogen) atoms. The molecule has 8 heteroatoms. The van der Waals surface area contributed by atoms with Gasteiger partial charge in [0.1, 0.15) is 11.6 Å². The van der Waals surface area contributed by atoms with Gasteiger partial charge in [0.25, 0.3) is 0 Å². The lowest BCUT2D eigenvalue weighted by atomic mass is 9.80. The van der Waals surface area contributed by atoms with E-state index in [1.54, 1.807) is 0 Å². The zero-order valence-corrected chi connectivity index (χ0v) is 23.6. The van der Waals surface area contributed by atoms with Crippen molar-refractivity contribution in [2.24, 2.45) is 11.8 Å². The van der Waals surface area contributed by atoms with Gasteiger partial charge in [-0.15, -0.1) is 0 Å². The number of benzene rings is 1. The maximum Gasteiger partial charge on any atom is 0.407 e. The largest absolute Gasteiger partial charge is 0.467 e. The van der Waals surface area contributed by atoms with Gasteiger partial charge < -0.3 is 25.4 Å². The van der Waals surface area contributed by atoms with Gasteiger partial charge in [0.05, 0.1) is 13.2 Å². The van der Waals surface area contributed by atoms with E-state index in [0.717, 1.165) is 31.2 Å². The summed E-state index contributed by atoms with van der Waals surface area (Å²) in [6.45, 7) is 11.4. The molecule has 1 aromatic rings. The molecule has 1 aromatic carbocycles. The van der Waals surface area contributed by atoms with Crippen LogP contribution in [0.4, 0.5) is 4.79 Å². The molecule has 1 fully saturated rings. The van der Waals surface area contributed by atoms with Crippen LogP contribution in [0, 0.1) is 11.8 Å². The highest BCUT2D eigenvalue weighted by molar-refractivity contribution is 5.88. The second kappa shape index (κ2) is 14.4. The summed E-state index contributed by atoms with van der Waals surface area (Å²) < 4.78 is 10.5. The summed E-state index contributed by atoms with van der Waals surface area (Å²) in [5, 5.41) is 9.50. The minimum absolute atomic E-state index is 0.0464. The Morgan fingerprint density at radius 2 is 1.59 bits per heavy atom. The number of nitrogens with one attached hydrogen (secondary N) is 3. The summed E-state index contributed by atoms with van der Waals surface area (Å²) in [5.74, 6) is -0.474. The van der Waals surface area contributed by atoms with E-state index in [4.69, 9.17) is 9.47 Å². The van der Waals surface area contributed by atoms with Crippen LogP contribution in [0.3, 0.4) is 0 Å². The van der Waals surface area contributed by atoms with Crippen LogP contribution in [0.15, 0.2) is 30.3 Å². The SMILES string of the molecule is COC(=O)[C@H](Cc1ccccc1)NC(=O)[C@H](N[C@H](C1CCCCC1)[C@H](C)NC(=O)OC(C)(C)C)C(C)C. The number of esters is 1. The second-order valence-electron chi connectivity index (χ2n) is 11.5. The van der Waals surface area contributed by atoms with E-state index >= 15 is 0 Å². The molecule has 0 bridgehead atoms. The van der Waals surface area contributed by atoms with Crippen LogP contribution in [-0.4, -0.2) is 54.8 Å². The predicted octanol–water partition coefficient (Wildman–Crippen LogP) is 4.36. The highest BCUT2D eigenvalue weighted by Gasteiger charge is 2.36. The molecule has 0 heterocycles. The van der Waals surface area contributed by atoms with E-state index in [1.165, 1.54) is 13.5 Å². The van der Waals surface area contributed by atoms with Gasteiger partial charge in [-0.1, -0.05) is 63.4 Å². The Morgan fingerprint density at radius 1 is 0.973 bits per heavy atom. The van der Waals surface area contributed by atoms with Gasteiger partial charge in [-0.05, 0) is 57.9 Å². The van der Waals surface area contributed by atoms with Gasteiger partial charge >= 0.3 is 12.1 Å². The van der Waals surface area contributed by atoms with Crippen molar-refractivity contribution in [3.8, 4) is 0 Å². The second-order valence-corrected chi connectivity index (χ2v) is 11.5. The Bertz CT molecular complexity index is 862. The standard InChI is InChI=1S/C29H47N3O5/c1-19(2)24(26(33)31-23(27(34)36-7)18-21-14-10-8-11-15-21)32-25(22-16-12-9-13-17-22)20(3)30-28(35)37-29(4,5)6/h8,10-11,14-15,19-20,22-25,32H,9,12-13,16-18H2,1-7H3,(H,30,35)(H,31,33)/t20-,23-,24+,25-/m0/s1. The number of carbonyl (C=O) groups is 3. The Morgan fingerprint density at radius 3 is 2.14 bits per heavy atom. The number of carbonyl (C=O) groups excluding carboxylic acids is 3. The molecule has 0 saturated heterocycles. The Kier molecular flexibility index (Phi) is 11.9. The van der Waals surface area contributed by atoms with Crippen molar-refractivity contribution in [3.63, 3.8) is 0 Å². The van der Waals surface area contributed by atoms with E-state index in [2.05, 4.69) is 16.0 Å². The van der Waals surface area contributed by atoms with Gasteiger partial charge in [-0.3, -0.25) is 4.79 Å². The minimum atomic E-state index is -0.798. The van der Waals surface area contributed by atoms with E-state index in [0.29, 0.717) is 12.3 Å². The molecule has 2 rings (SSSR count). The van der Waals surface area contributed by atoms with E-state index < -0.39 is 29.7 Å². The lowest BCUT2D eigenvalue weighted by Gasteiger charge is -2.38. The molecule has 8 nitrogen and oxygen atoms in total. The van der Waals surface area contributed by atoms with Gasteiger partial charge in [-0.2, -0.15) is 0 Å². The average molecular weight is 518 g/mol. The van der Waals surface area contributed by atoms with Crippen LogP contribution in [0.2, 0.25) is 0 Å². The van der Waals surface area contributed by atoms with Crippen molar-refractivity contribution >= 4 is 18.0 Å². The summed E-state index contributed by atoms with van der Waals surface area (Å²) in [6, 6.07) is 7.81. The third kappa shape index (κ3) is 10.3. The quantitative estimate of drug-likeness (QED) is 0.377. The van der Waals surface area contributed by atoms with E-state index in [9.17, 15) is 14.4 Å². The van der Waals surface area contributed by atoms with Gasteiger partial charge in [0.15, 0.2) is 0 Å². The molecule has 1 saturated carbocycles. The molecule has 3 N–H and O–H groups in total. The number of hydrogen-bond acceptors (Lipinski definition) is 6. The molecule has 2 amide bonds. The first-order chi connectivity index (χ1) is 17.4.